The Morgan fingerprint density at radius 2 is 1.10 bits per heavy atom. The third-order valence-electron chi connectivity index (χ3n) is 0. The van der Waals surface area contributed by atoms with Gasteiger partial charge in [0.25, 0.3) is 0 Å². The first-order chi connectivity index (χ1) is 3.73. The van der Waals surface area contributed by atoms with Crippen molar-refractivity contribution in [2.45, 2.75) is 0 Å². The Kier molecular flexibility index (Phi) is 13.9. The van der Waals surface area contributed by atoms with Gasteiger partial charge in [-0.15, -0.1) is 0 Å². The number of phosphoric acid groups is 1. The summed E-state index contributed by atoms with van der Waals surface area (Å²) < 4.78 is 17.6. The molecular weight excluding hydrogens is 211 g/mol. The first-order valence-corrected chi connectivity index (χ1v) is 4.30. The minimum absolute atomic E-state index is 0. The summed E-state index contributed by atoms with van der Waals surface area (Å²) in [6.07, 6.45) is 0. The molecule has 0 aliphatic carbocycles. The predicted octanol–water partition coefficient (Wildman–Crippen LogP) is -3.46. The van der Waals surface area contributed by atoms with E-state index >= 15 is 0 Å². The van der Waals surface area contributed by atoms with Crippen LogP contribution in [-0.4, -0.2) is 71.2 Å². The summed E-state index contributed by atoms with van der Waals surface area (Å²) in [5.74, 6) is 0. The van der Waals surface area contributed by atoms with Crippen molar-refractivity contribution >= 4 is 54.7 Å². The maximum atomic E-state index is 8.88. The van der Waals surface area contributed by atoms with E-state index in [4.69, 9.17) is 33.3 Å². The van der Waals surface area contributed by atoms with Crippen LogP contribution in [0.2, 0.25) is 0 Å². The molecule has 0 bridgehead atoms. The quantitative estimate of drug-likeness (QED) is 0.210. The molecule has 0 aromatic carbocycles. The van der Waals surface area contributed by atoms with Gasteiger partial charge in [-0.1, -0.05) is 0 Å². The average molecular weight is 218 g/mol. The molecule has 0 heterocycles. The maximum absolute atomic E-state index is 8.88. The van der Waals surface area contributed by atoms with Gasteiger partial charge in [0.05, 0.1) is 0 Å². The number of hydrogen-bond acceptors (Lipinski definition) is 2. The Balaban J connectivity index is -0.0000000910. The second-order valence-electron chi connectivity index (χ2n) is 0.796. The molecule has 0 saturated carbocycles. The van der Waals surface area contributed by atoms with Crippen molar-refractivity contribution in [2.75, 3.05) is 0 Å². The van der Waals surface area contributed by atoms with Crippen molar-refractivity contribution in [1.29, 1.82) is 0 Å². The molecule has 0 aliphatic heterocycles. The fourth-order valence-electron chi connectivity index (χ4n) is 0. The summed E-state index contributed by atoms with van der Waals surface area (Å²) in [5.41, 5.74) is 0. The first kappa shape index (κ1) is 17.2. The molecule has 0 saturated heterocycles. The normalized spacial score (nSPS) is 8.30. The van der Waals surface area contributed by atoms with Crippen LogP contribution in [0.4, 0.5) is 0 Å². The van der Waals surface area contributed by atoms with Crippen LogP contribution in [0.1, 0.15) is 0 Å². The SMILES string of the molecule is O=P(O)(O)O.O=[Si](O)O.[CaH2]. The summed E-state index contributed by atoms with van der Waals surface area (Å²) in [6, 6.07) is 0. The Morgan fingerprint density at radius 1 is 1.10 bits per heavy atom. The third kappa shape index (κ3) is 589. The van der Waals surface area contributed by atoms with Gasteiger partial charge < -0.3 is 24.3 Å². The molecule has 0 unspecified atom stereocenters. The molecule has 5 N–H and O–H groups in total. The molecule has 0 aliphatic rings. The molecule has 10 heavy (non-hydrogen) atoms. The van der Waals surface area contributed by atoms with Gasteiger partial charge >= 0.3 is 54.7 Å². The standard InChI is InChI=1S/Ca.H3O4P.H2O3Si.2H/c;1-5(2,3)4;1-4(2)3;;/h;(H3,1,2,3,4);1-2H;;. The molecule has 0 rings (SSSR count). The Morgan fingerprint density at radius 3 is 1.10 bits per heavy atom. The van der Waals surface area contributed by atoms with Crippen molar-refractivity contribution in [1.82, 2.24) is 0 Å². The molecule has 0 spiro atoms. The van der Waals surface area contributed by atoms with Crippen LogP contribution in [0, 0.1) is 0 Å². The van der Waals surface area contributed by atoms with E-state index in [1.807, 2.05) is 0 Å². The molecule has 0 fully saturated rings. The summed E-state index contributed by atoms with van der Waals surface area (Å²) in [4.78, 5) is 35.9. The van der Waals surface area contributed by atoms with Gasteiger partial charge in [0.1, 0.15) is 0 Å². The Labute approximate surface area is 87.5 Å². The summed E-state index contributed by atoms with van der Waals surface area (Å²) in [6.45, 7) is 0. The fourth-order valence-corrected chi connectivity index (χ4v) is 0. The zero-order chi connectivity index (χ0) is 8.08. The van der Waals surface area contributed by atoms with Gasteiger partial charge in [-0.3, -0.25) is 4.46 Å². The van der Waals surface area contributed by atoms with Crippen molar-refractivity contribution in [2.24, 2.45) is 0 Å². The van der Waals surface area contributed by atoms with Gasteiger partial charge in [0.15, 0.2) is 0 Å². The van der Waals surface area contributed by atoms with Gasteiger partial charge in [-0.05, 0) is 0 Å². The van der Waals surface area contributed by atoms with Crippen LogP contribution in [0.15, 0.2) is 0 Å². The van der Waals surface area contributed by atoms with Crippen LogP contribution in [0.25, 0.3) is 0 Å². The Bertz CT molecular complexity index is 113. The fraction of sp³-hybridized carbons (Fsp3) is 0. The number of hydrogen-bond donors (Lipinski definition) is 5. The van der Waals surface area contributed by atoms with Gasteiger partial charge in [-0.25, -0.2) is 4.57 Å². The van der Waals surface area contributed by atoms with Crippen molar-refractivity contribution in [3.63, 3.8) is 0 Å². The van der Waals surface area contributed by atoms with Crippen LogP contribution in [0.3, 0.4) is 0 Å². The van der Waals surface area contributed by atoms with E-state index in [1.165, 1.54) is 0 Å². The zero-order valence-electron chi connectivity index (χ0n) is 4.00. The molecule has 0 aromatic rings. The summed E-state index contributed by atoms with van der Waals surface area (Å²) in [7, 11) is -7.77. The first-order valence-electron chi connectivity index (χ1n) is 1.43. The number of rotatable bonds is 0. The van der Waals surface area contributed by atoms with Crippen LogP contribution >= 0.6 is 7.82 Å². The van der Waals surface area contributed by atoms with Gasteiger partial charge in [0, 0.05) is 0 Å². The van der Waals surface area contributed by atoms with Gasteiger partial charge in [-0.2, -0.15) is 0 Å². The molecule has 0 amide bonds. The average Bonchev–Trinajstić information content (AvgIpc) is 1.19. The van der Waals surface area contributed by atoms with Crippen molar-refractivity contribution < 1.29 is 33.3 Å². The Hall–Kier alpha value is 0.987. The van der Waals surface area contributed by atoms with Crippen LogP contribution in [-0.2, 0) is 9.03 Å². The molecule has 0 radical (unpaired) electrons. The summed E-state index contributed by atoms with van der Waals surface area (Å²) in [5, 5.41) is 0. The second-order valence-corrected chi connectivity index (χ2v) is 2.39. The molecule has 0 atom stereocenters. The third-order valence-corrected chi connectivity index (χ3v) is 0. The monoisotopic (exact) mass is 218 g/mol. The van der Waals surface area contributed by atoms with Gasteiger partial charge in [0.2, 0.25) is 0 Å². The predicted molar refractivity (Wildman–Crippen MR) is 33.7 cm³/mol. The minimum atomic E-state index is -4.64. The molecule has 60 valence electrons. The van der Waals surface area contributed by atoms with Crippen LogP contribution < -0.4 is 0 Å². The van der Waals surface area contributed by atoms with Crippen LogP contribution in [0.5, 0.6) is 0 Å². The van der Waals surface area contributed by atoms with E-state index in [9.17, 15) is 0 Å². The molecule has 7 nitrogen and oxygen atoms in total. The van der Waals surface area contributed by atoms with E-state index in [-0.39, 0.29) is 37.7 Å². The topological polar surface area (TPSA) is 135 Å². The molecular formula is H7CaO7PSi. The van der Waals surface area contributed by atoms with E-state index in [1.54, 1.807) is 0 Å². The van der Waals surface area contributed by atoms with E-state index < -0.39 is 17.0 Å². The van der Waals surface area contributed by atoms with Crippen molar-refractivity contribution in [3.8, 4) is 0 Å². The zero-order valence-corrected chi connectivity index (χ0v) is 5.89. The molecule has 10 heteroatoms. The molecule has 0 aromatic heterocycles. The van der Waals surface area contributed by atoms with E-state index in [0.717, 1.165) is 0 Å². The second kappa shape index (κ2) is 8.09. The van der Waals surface area contributed by atoms with Crippen molar-refractivity contribution in [3.05, 3.63) is 0 Å². The van der Waals surface area contributed by atoms with E-state index in [0.29, 0.717) is 0 Å². The summed E-state index contributed by atoms with van der Waals surface area (Å²) >= 11 is 0. The van der Waals surface area contributed by atoms with E-state index in [2.05, 4.69) is 0 Å².